The van der Waals surface area contributed by atoms with Crippen LogP contribution >= 0.6 is 0 Å². The fourth-order valence-electron chi connectivity index (χ4n) is 4.87. The van der Waals surface area contributed by atoms with Crippen molar-refractivity contribution in [3.05, 3.63) is 54.1 Å². The van der Waals surface area contributed by atoms with Gasteiger partial charge in [0.05, 0.1) is 28.1 Å². The summed E-state index contributed by atoms with van der Waals surface area (Å²) in [5.74, 6) is 0.653. The molecular weight excluding hydrogens is 466 g/mol. The second-order valence-corrected chi connectivity index (χ2v) is 11.3. The number of amides is 1. The van der Waals surface area contributed by atoms with Crippen LogP contribution in [0.4, 0.5) is 5.95 Å². The summed E-state index contributed by atoms with van der Waals surface area (Å²) in [5.41, 5.74) is 2.29. The third kappa shape index (κ3) is 4.91. The van der Waals surface area contributed by atoms with Crippen LogP contribution in [-0.4, -0.2) is 85.0 Å². The molecule has 0 radical (unpaired) electrons. The van der Waals surface area contributed by atoms with Gasteiger partial charge in [0.25, 0.3) is 5.91 Å². The Morgan fingerprint density at radius 1 is 1.00 bits per heavy atom. The molecule has 186 valence electrons. The summed E-state index contributed by atoms with van der Waals surface area (Å²) in [6.07, 6.45) is 0.444. The van der Waals surface area contributed by atoms with Crippen molar-refractivity contribution in [2.75, 3.05) is 44.2 Å². The zero-order chi connectivity index (χ0) is 24.6. The number of benzene rings is 2. The lowest BCUT2D eigenvalue weighted by molar-refractivity contribution is -0.0440. The third-order valence-electron chi connectivity index (χ3n) is 6.56. The van der Waals surface area contributed by atoms with E-state index < -0.39 is 10.0 Å². The molecule has 2 atom stereocenters. The molecule has 0 aliphatic carbocycles. The van der Waals surface area contributed by atoms with Gasteiger partial charge in [-0.2, -0.15) is 4.31 Å². The molecule has 2 unspecified atom stereocenters. The number of para-hydroxylation sites is 2. The quantitative estimate of drug-likeness (QED) is 0.595. The van der Waals surface area contributed by atoms with Crippen molar-refractivity contribution >= 4 is 32.9 Å². The van der Waals surface area contributed by atoms with E-state index in [4.69, 9.17) is 4.74 Å². The maximum absolute atomic E-state index is 13.4. The van der Waals surface area contributed by atoms with Crippen molar-refractivity contribution in [1.29, 1.82) is 0 Å². The molecule has 1 aromatic heterocycles. The lowest BCUT2D eigenvalue weighted by atomic mass is 10.2. The van der Waals surface area contributed by atoms with E-state index in [1.54, 1.807) is 23.1 Å². The van der Waals surface area contributed by atoms with Gasteiger partial charge in [0, 0.05) is 44.8 Å². The van der Waals surface area contributed by atoms with Crippen molar-refractivity contribution in [2.45, 2.75) is 37.4 Å². The Hall–Kier alpha value is -2.95. The number of fused-ring (bicyclic) bond motifs is 1. The number of hydrogen-bond donors (Lipinski definition) is 1. The van der Waals surface area contributed by atoms with Gasteiger partial charge in [-0.1, -0.05) is 18.2 Å². The Labute approximate surface area is 205 Å². The first-order valence-electron chi connectivity index (χ1n) is 12.1. The van der Waals surface area contributed by atoms with Gasteiger partial charge in [-0.3, -0.25) is 4.79 Å². The number of aromatic nitrogens is 2. The van der Waals surface area contributed by atoms with Crippen LogP contribution in [0.2, 0.25) is 0 Å². The van der Waals surface area contributed by atoms with Crippen LogP contribution in [0.1, 0.15) is 30.6 Å². The first kappa shape index (κ1) is 23.8. The smallest absolute Gasteiger partial charge is 0.253 e. The summed E-state index contributed by atoms with van der Waals surface area (Å²) < 4.78 is 33.7. The van der Waals surface area contributed by atoms with Crippen molar-refractivity contribution in [3.8, 4) is 0 Å². The number of carbonyl (C=O) groups is 1. The fourth-order valence-corrected chi connectivity index (χ4v) is 6.51. The van der Waals surface area contributed by atoms with Gasteiger partial charge in [-0.15, -0.1) is 0 Å². The molecule has 9 nitrogen and oxygen atoms in total. The lowest BCUT2D eigenvalue weighted by Crippen LogP contribution is -2.48. The number of nitrogens with zero attached hydrogens (tertiary/aromatic N) is 4. The van der Waals surface area contributed by atoms with Crippen LogP contribution in [0.15, 0.2) is 53.4 Å². The minimum Gasteiger partial charge on any atom is -0.373 e. The number of morpholine rings is 1. The standard InChI is InChI=1S/C25H31N5O4S/c1-18-16-30(17-19(2)34-18)35(32,33)21-8-5-7-20(15-21)24(31)28-11-6-12-29(14-13-28)25-26-22-9-3-4-10-23(22)27-25/h3-5,7-10,15,18-19H,6,11-14,16-17H2,1-2H3,(H,26,27). The van der Waals surface area contributed by atoms with Crippen LogP contribution in [0.25, 0.3) is 11.0 Å². The van der Waals surface area contributed by atoms with Gasteiger partial charge in [0.15, 0.2) is 0 Å². The second-order valence-electron chi connectivity index (χ2n) is 9.32. The van der Waals surface area contributed by atoms with Crippen LogP contribution in [0.5, 0.6) is 0 Å². The Morgan fingerprint density at radius 2 is 1.77 bits per heavy atom. The minimum absolute atomic E-state index is 0.142. The zero-order valence-corrected chi connectivity index (χ0v) is 20.9. The monoisotopic (exact) mass is 497 g/mol. The summed E-state index contributed by atoms with van der Waals surface area (Å²) in [6, 6.07) is 14.3. The van der Waals surface area contributed by atoms with Crippen LogP contribution < -0.4 is 4.90 Å². The lowest BCUT2D eigenvalue weighted by Gasteiger charge is -2.34. The molecule has 2 aliphatic heterocycles. The predicted molar refractivity (Wildman–Crippen MR) is 134 cm³/mol. The normalized spacial score (nSPS) is 22.3. The highest BCUT2D eigenvalue weighted by Gasteiger charge is 2.33. The predicted octanol–water partition coefficient (Wildman–Crippen LogP) is 2.71. The number of hydrogen-bond acceptors (Lipinski definition) is 6. The molecule has 2 aliphatic rings. The van der Waals surface area contributed by atoms with Gasteiger partial charge < -0.3 is 19.5 Å². The molecule has 35 heavy (non-hydrogen) atoms. The second kappa shape index (κ2) is 9.60. The molecule has 2 aromatic carbocycles. The molecule has 5 rings (SSSR count). The van der Waals surface area contributed by atoms with E-state index in [1.807, 2.05) is 38.1 Å². The number of rotatable bonds is 4. The maximum atomic E-state index is 13.4. The van der Waals surface area contributed by atoms with Gasteiger partial charge in [-0.25, -0.2) is 13.4 Å². The SMILES string of the molecule is CC1CN(S(=O)(=O)c2cccc(C(=O)N3CCCN(c4nc5ccccc5[nH]4)CC3)c2)CC(C)O1. The molecule has 0 bridgehead atoms. The highest BCUT2D eigenvalue weighted by molar-refractivity contribution is 7.89. The number of carbonyl (C=O) groups excluding carboxylic acids is 1. The Bertz CT molecular complexity index is 1280. The van der Waals surface area contributed by atoms with E-state index in [1.165, 1.54) is 10.4 Å². The number of H-pyrrole nitrogens is 1. The summed E-state index contributed by atoms with van der Waals surface area (Å²) in [6.45, 7) is 6.90. The Kier molecular flexibility index (Phi) is 6.52. The van der Waals surface area contributed by atoms with Crippen molar-refractivity contribution < 1.29 is 17.9 Å². The number of aromatic amines is 1. The number of ether oxygens (including phenoxy) is 1. The minimum atomic E-state index is -3.72. The van der Waals surface area contributed by atoms with E-state index >= 15 is 0 Å². The van der Waals surface area contributed by atoms with Crippen molar-refractivity contribution in [3.63, 3.8) is 0 Å². The fraction of sp³-hybridized carbons (Fsp3) is 0.440. The van der Waals surface area contributed by atoms with E-state index in [-0.39, 0.29) is 23.0 Å². The number of imidazole rings is 1. The zero-order valence-electron chi connectivity index (χ0n) is 20.1. The molecule has 10 heteroatoms. The van der Waals surface area contributed by atoms with E-state index in [2.05, 4.69) is 14.9 Å². The highest BCUT2D eigenvalue weighted by Crippen LogP contribution is 2.23. The summed E-state index contributed by atoms with van der Waals surface area (Å²) in [5, 5.41) is 0. The molecule has 0 spiro atoms. The topological polar surface area (TPSA) is 98.8 Å². The summed E-state index contributed by atoms with van der Waals surface area (Å²) >= 11 is 0. The summed E-state index contributed by atoms with van der Waals surface area (Å²) in [7, 11) is -3.72. The van der Waals surface area contributed by atoms with Gasteiger partial charge in [0.2, 0.25) is 16.0 Å². The maximum Gasteiger partial charge on any atom is 0.253 e. The van der Waals surface area contributed by atoms with Crippen molar-refractivity contribution in [2.24, 2.45) is 0 Å². The van der Waals surface area contributed by atoms with Crippen LogP contribution in [0, 0.1) is 0 Å². The van der Waals surface area contributed by atoms with E-state index in [0.717, 1.165) is 29.9 Å². The van der Waals surface area contributed by atoms with Gasteiger partial charge in [0.1, 0.15) is 0 Å². The van der Waals surface area contributed by atoms with E-state index in [0.29, 0.717) is 38.3 Å². The first-order valence-corrected chi connectivity index (χ1v) is 13.5. The average Bonchev–Trinajstić information content (AvgIpc) is 3.12. The molecule has 0 saturated carbocycles. The van der Waals surface area contributed by atoms with Gasteiger partial charge in [-0.05, 0) is 50.6 Å². The molecule has 2 fully saturated rings. The molecule has 1 N–H and O–H groups in total. The Morgan fingerprint density at radius 3 is 2.54 bits per heavy atom. The molecule has 1 amide bonds. The van der Waals surface area contributed by atoms with Gasteiger partial charge >= 0.3 is 0 Å². The number of nitrogens with one attached hydrogen (secondary N) is 1. The largest absolute Gasteiger partial charge is 0.373 e. The summed E-state index contributed by atoms with van der Waals surface area (Å²) in [4.78, 5) is 25.5. The molecule has 3 heterocycles. The number of anilines is 1. The molecular formula is C25H31N5O4S. The van der Waals surface area contributed by atoms with Crippen LogP contribution in [0.3, 0.4) is 0 Å². The third-order valence-corrected chi connectivity index (χ3v) is 8.39. The molecule has 2 saturated heterocycles. The first-order chi connectivity index (χ1) is 16.8. The van der Waals surface area contributed by atoms with Crippen LogP contribution in [-0.2, 0) is 14.8 Å². The average molecular weight is 498 g/mol. The highest BCUT2D eigenvalue weighted by atomic mass is 32.2. The van der Waals surface area contributed by atoms with Crippen molar-refractivity contribution in [1.82, 2.24) is 19.2 Å². The molecule has 3 aromatic rings. The Balaban J connectivity index is 1.30. The van der Waals surface area contributed by atoms with E-state index in [9.17, 15) is 13.2 Å². The number of sulfonamides is 1.